The summed E-state index contributed by atoms with van der Waals surface area (Å²) in [7, 11) is 0. The van der Waals surface area contributed by atoms with E-state index < -0.39 is 6.10 Å². The number of carbonyl (C=O) groups excluding carboxylic acids is 1. The number of benzene rings is 1. The molecule has 2 unspecified atom stereocenters. The minimum atomic E-state index is -0.644. The number of nitrogens with two attached hydrogens (primary N) is 1. The normalized spacial score (nSPS) is 13.2. The minimum Gasteiger partial charge on any atom is -0.387 e. The van der Waals surface area contributed by atoms with Crippen molar-refractivity contribution in [3.8, 4) is 0 Å². The van der Waals surface area contributed by atoms with E-state index in [1.54, 1.807) is 4.90 Å². The zero-order valence-electron chi connectivity index (χ0n) is 13.1. The van der Waals surface area contributed by atoms with Gasteiger partial charge in [-0.25, -0.2) is 0 Å². The second kappa shape index (κ2) is 9.77. The monoisotopic (exact) mass is 314 g/mol. The largest absolute Gasteiger partial charge is 0.387 e. The first-order valence-electron chi connectivity index (χ1n) is 7.22. The maximum Gasteiger partial charge on any atom is 0.222 e. The van der Waals surface area contributed by atoms with Crippen LogP contribution in [0.15, 0.2) is 24.3 Å². The fraction of sp³-hybridized carbons (Fsp3) is 0.562. The molecule has 0 aliphatic heterocycles. The van der Waals surface area contributed by atoms with Crippen LogP contribution in [0.3, 0.4) is 0 Å². The van der Waals surface area contributed by atoms with E-state index in [0.717, 1.165) is 11.1 Å². The molecular weight excluding hydrogens is 288 g/mol. The molecule has 1 rings (SSSR count). The summed E-state index contributed by atoms with van der Waals surface area (Å²) in [6.07, 6.45) is 0.469. The summed E-state index contributed by atoms with van der Waals surface area (Å²) in [6, 6.07) is 7.76. The molecule has 0 spiro atoms. The van der Waals surface area contributed by atoms with Crippen molar-refractivity contribution in [1.82, 2.24) is 4.90 Å². The van der Waals surface area contributed by atoms with E-state index in [-0.39, 0.29) is 24.4 Å². The van der Waals surface area contributed by atoms with Crippen molar-refractivity contribution in [2.45, 2.75) is 45.8 Å². The number of halogens is 1. The van der Waals surface area contributed by atoms with Crippen molar-refractivity contribution < 1.29 is 9.90 Å². The number of hydrogen-bond acceptors (Lipinski definition) is 3. The van der Waals surface area contributed by atoms with Crippen LogP contribution in [0.25, 0.3) is 0 Å². The third kappa shape index (κ3) is 6.93. The van der Waals surface area contributed by atoms with E-state index in [1.165, 1.54) is 0 Å². The molecule has 4 nitrogen and oxygen atoms in total. The van der Waals surface area contributed by atoms with Gasteiger partial charge >= 0.3 is 0 Å². The number of aryl methyl sites for hydroxylation is 1. The quantitative estimate of drug-likeness (QED) is 0.812. The Morgan fingerprint density at radius 2 is 1.90 bits per heavy atom. The van der Waals surface area contributed by atoms with Crippen LogP contribution in [-0.2, 0) is 4.79 Å². The molecule has 5 heteroatoms. The number of aliphatic hydroxyl groups excluding tert-OH is 1. The second-order valence-corrected chi connectivity index (χ2v) is 5.37. The second-order valence-electron chi connectivity index (χ2n) is 5.37. The fourth-order valence-corrected chi connectivity index (χ4v) is 2.02. The average Bonchev–Trinajstić information content (AvgIpc) is 2.42. The molecule has 0 aliphatic rings. The molecule has 21 heavy (non-hydrogen) atoms. The number of nitrogens with zero attached hydrogens (tertiary/aromatic N) is 1. The third-order valence-corrected chi connectivity index (χ3v) is 3.40. The van der Waals surface area contributed by atoms with Crippen molar-refractivity contribution >= 4 is 18.3 Å². The van der Waals surface area contributed by atoms with Crippen LogP contribution in [0.5, 0.6) is 0 Å². The number of carbonyl (C=O) groups is 1. The molecule has 3 N–H and O–H groups in total. The third-order valence-electron chi connectivity index (χ3n) is 3.40. The number of amides is 1. The van der Waals surface area contributed by atoms with Crippen molar-refractivity contribution in [2.24, 2.45) is 5.73 Å². The molecule has 0 fully saturated rings. The number of hydrogen-bond donors (Lipinski definition) is 2. The van der Waals surface area contributed by atoms with Gasteiger partial charge in [0.05, 0.1) is 12.6 Å². The van der Waals surface area contributed by atoms with E-state index in [1.807, 2.05) is 45.0 Å². The Labute approximate surface area is 133 Å². The van der Waals surface area contributed by atoms with Crippen LogP contribution >= 0.6 is 12.4 Å². The molecule has 1 amide bonds. The van der Waals surface area contributed by atoms with Gasteiger partial charge < -0.3 is 15.7 Å². The SMILES string of the molecule is CCN(CC(O)c1ccc(C)cc1)C(=O)CCC(C)N.Cl. The molecule has 2 atom stereocenters. The van der Waals surface area contributed by atoms with Gasteiger partial charge in [0.1, 0.15) is 0 Å². The summed E-state index contributed by atoms with van der Waals surface area (Å²) in [5.74, 6) is 0.0518. The van der Waals surface area contributed by atoms with Crippen molar-refractivity contribution in [2.75, 3.05) is 13.1 Å². The topological polar surface area (TPSA) is 66.6 Å². The van der Waals surface area contributed by atoms with Gasteiger partial charge in [-0.15, -0.1) is 12.4 Å². The van der Waals surface area contributed by atoms with Crippen molar-refractivity contribution in [3.63, 3.8) is 0 Å². The van der Waals surface area contributed by atoms with Crippen molar-refractivity contribution in [1.29, 1.82) is 0 Å². The Kier molecular flexibility index (Phi) is 9.26. The summed E-state index contributed by atoms with van der Waals surface area (Å²) in [4.78, 5) is 13.7. The Balaban J connectivity index is 0.00000400. The Bertz CT molecular complexity index is 421. The molecule has 1 aromatic rings. The van der Waals surface area contributed by atoms with Gasteiger partial charge in [0.15, 0.2) is 0 Å². The summed E-state index contributed by atoms with van der Waals surface area (Å²) >= 11 is 0. The molecular formula is C16H27ClN2O2. The first-order valence-corrected chi connectivity index (χ1v) is 7.22. The van der Waals surface area contributed by atoms with E-state index >= 15 is 0 Å². The van der Waals surface area contributed by atoms with Crippen LogP contribution < -0.4 is 5.73 Å². The van der Waals surface area contributed by atoms with Gasteiger partial charge in [0, 0.05) is 19.0 Å². The van der Waals surface area contributed by atoms with Gasteiger partial charge in [-0.3, -0.25) is 4.79 Å². The first kappa shape index (κ1) is 19.9. The average molecular weight is 315 g/mol. The van der Waals surface area contributed by atoms with Gasteiger partial charge in [-0.2, -0.15) is 0 Å². The highest BCUT2D eigenvalue weighted by molar-refractivity contribution is 5.85. The molecule has 0 bridgehead atoms. The highest BCUT2D eigenvalue weighted by Crippen LogP contribution is 2.15. The standard InChI is InChI=1S/C16H26N2O2.ClH/c1-4-18(16(20)10-7-13(3)17)11-15(19)14-8-5-12(2)6-9-14;/h5-6,8-9,13,15,19H,4,7,10-11,17H2,1-3H3;1H. The number of likely N-dealkylation sites (N-methyl/N-ethyl adjacent to an activating group) is 1. The summed E-state index contributed by atoms with van der Waals surface area (Å²) in [5, 5.41) is 10.2. The first-order chi connectivity index (χ1) is 9.43. The molecule has 0 aliphatic carbocycles. The lowest BCUT2D eigenvalue weighted by Crippen LogP contribution is -2.35. The van der Waals surface area contributed by atoms with Crippen LogP contribution in [0, 0.1) is 6.92 Å². The minimum absolute atomic E-state index is 0. The van der Waals surface area contributed by atoms with Crippen molar-refractivity contribution in [3.05, 3.63) is 35.4 Å². The van der Waals surface area contributed by atoms with Crippen LogP contribution in [0.4, 0.5) is 0 Å². The zero-order chi connectivity index (χ0) is 15.1. The fourth-order valence-electron chi connectivity index (χ4n) is 2.02. The van der Waals surface area contributed by atoms with Gasteiger partial charge in [0.2, 0.25) is 5.91 Å². The maximum absolute atomic E-state index is 12.1. The molecule has 0 aromatic heterocycles. The van der Waals surface area contributed by atoms with Gasteiger partial charge in [-0.05, 0) is 32.8 Å². The van der Waals surface area contributed by atoms with E-state index in [2.05, 4.69) is 0 Å². The highest BCUT2D eigenvalue weighted by Gasteiger charge is 2.17. The molecule has 0 saturated carbocycles. The van der Waals surface area contributed by atoms with Gasteiger partial charge in [-0.1, -0.05) is 29.8 Å². The Morgan fingerprint density at radius 3 is 2.38 bits per heavy atom. The Morgan fingerprint density at radius 1 is 1.33 bits per heavy atom. The van der Waals surface area contributed by atoms with E-state index in [4.69, 9.17) is 5.73 Å². The Hall–Kier alpha value is -1.10. The lowest BCUT2D eigenvalue weighted by molar-refractivity contribution is -0.132. The zero-order valence-corrected chi connectivity index (χ0v) is 13.9. The van der Waals surface area contributed by atoms with Crippen LogP contribution in [0.2, 0.25) is 0 Å². The van der Waals surface area contributed by atoms with E-state index in [9.17, 15) is 9.90 Å². The number of rotatable bonds is 7. The van der Waals surface area contributed by atoms with Crippen LogP contribution in [-0.4, -0.2) is 35.0 Å². The van der Waals surface area contributed by atoms with E-state index in [0.29, 0.717) is 25.9 Å². The summed E-state index contributed by atoms with van der Waals surface area (Å²) in [5.41, 5.74) is 7.66. The lowest BCUT2D eigenvalue weighted by atomic mass is 10.1. The predicted molar refractivity (Wildman–Crippen MR) is 88.5 cm³/mol. The highest BCUT2D eigenvalue weighted by atomic mass is 35.5. The smallest absolute Gasteiger partial charge is 0.222 e. The molecule has 0 heterocycles. The van der Waals surface area contributed by atoms with Crippen LogP contribution in [0.1, 0.15) is 43.9 Å². The number of aliphatic hydroxyl groups is 1. The molecule has 1 aromatic carbocycles. The summed E-state index contributed by atoms with van der Waals surface area (Å²) in [6.45, 7) is 6.75. The summed E-state index contributed by atoms with van der Waals surface area (Å²) < 4.78 is 0. The lowest BCUT2D eigenvalue weighted by Gasteiger charge is -2.24. The maximum atomic E-state index is 12.1. The molecule has 0 radical (unpaired) electrons. The molecule has 0 saturated heterocycles. The molecule has 120 valence electrons. The van der Waals surface area contributed by atoms with Gasteiger partial charge in [0.25, 0.3) is 0 Å². The predicted octanol–water partition coefficient (Wildman–Crippen LogP) is 2.43.